The number of aliphatic hydroxyl groups excluding tert-OH is 1. The third-order valence-electron chi connectivity index (χ3n) is 6.55. The first-order valence-electron chi connectivity index (χ1n) is 13.8. The minimum Gasteiger partial charge on any atom is -0.481 e. The average molecular weight is 639 g/mol. The van der Waals surface area contributed by atoms with E-state index in [1.807, 2.05) is 0 Å². The van der Waals surface area contributed by atoms with E-state index in [-0.39, 0.29) is 17.3 Å². The van der Waals surface area contributed by atoms with Gasteiger partial charge >= 0.3 is 11.9 Å². The summed E-state index contributed by atoms with van der Waals surface area (Å²) in [4.78, 5) is 96.5. The molecule has 0 aromatic heterocycles. The van der Waals surface area contributed by atoms with Gasteiger partial charge in [-0.25, -0.2) is 0 Å². The predicted molar refractivity (Wildman–Crippen MR) is 155 cm³/mol. The van der Waals surface area contributed by atoms with Crippen LogP contribution in [0.1, 0.15) is 53.4 Å². The summed E-state index contributed by atoms with van der Waals surface area (Å²) in [5, 5.41) is 51.0. The van der Waals surface area contributed by atoms with Gasteiger partial charge in [0, 0.05) is 31.2 Å². The number of carboxylic acid groups (broad SMARTS) is 2. The minimum absolute atomic E-state index is 0.0441. The molecule has 1 aromatic rings. The van der Waals surface area contributed by atoms with Crippen molar-refractivity contribution < 1.29 is 53.8 Å². The summed E-state index contributed by atoms with van der Waals surface area (Å²) in [6.07, 6.45) is -3.11. The number of rotatable bonds is 18. The Hall–Kier alpha value is -5.13. The van der Waals surface area contributed by atoms with Gasteiger partial charge in [0.15, 0.2) is 0 Å². The zero-order valence-electron chi connectivity index (χ0n) is 25.1. The van der Waals surface area contributed by atoms with E-state index in [1.54, 1.807) is 13.8 Å². The second kappa shape index (κ2) is 17.9. The number of nitro groups is 1. The Morgan fingerprint density at radius 2 is 1.36 bits per heavy atom. The van der Waals surface area contributed by atoms with Crippen molar-refractivity contribution in [3.8, 4) is 0 Å². The van der Waals surface area contributed by atoms with Crippen LogP contribution in [0.25, 0.3) is 0 Å². The Morgan fingerprint density at radius 1 is 0.800 bits per heavy atom. The summed E-state index contributed by atoms with van der Waals surface area (Å²) in [5.41, 5.74) is -0.232. The summed E-state index contributed by atoms with van der Waals surface area (Å²) in [6, 6.07) is -1.63. The molecule has 1 rings (SSSR count). The summed E-state index contributed by atoms with van der Waals surface area (Å²) < 4.78 is 0. The third-order valence-corrected chi connectivity index (χ3v) is 6.55. The van der Waals surface area contributed by atoms with Crippen LogP contribution in [-0.4, -0.2) is 92.0 Å². The van der Waals surface area contributed by atoms with E-state index >= 15 is 0 Å². The van der Waals surface area contributed by atoms with E-state index in [1.165, 1.54) is 19.1 Å². The van der Waals surface area contributed by atoms with Gasteiger partial charge in [-0.1, -0.05) is 20.3 Å². The molecular formula is C27H38N6O12. The first-order chi connectivity index (χ1) is 21.0. The van der Waals surface area contributed by atoms with Gasteiger partial charge in [-0.15, -0.1) is 0 Å². The normalized spacial score (nSPS) is 14.7. The number of carbonyl (C=O) groups is 7. The monoisotopic (exact) mass is 638 g/mol. The molecule has 8 N–H and O–H groups in total. The van der Waals surface area contributed by atoms with E-state index in [4.69, 9.17) is 5.11 Å². The van der Waals surface area contributed by atoms with Crippen LogP contribution in [0.5, 0.6) is 0 Å². The topological polar surface area (TPSA) is 283 Å². The number of aliphatic hydroxyl groups is 1. The van der Waals surface area contributed by atoms with Crippen molar-refractivity contribution in [1.82, 2.24) is 21.3 Å². The van der Waals surface area contributed by atoms with Crippen molar-refractivity contribution in [3.63, 3.8) is 0 Å². The Balaban J connectivity index is 3.17. The minimum atomic E-state index is -1.80. The summed E-state index contributed by atoms with van der Waals surface area (Å²) in [5.74, 6) is -7.81. The maximum atomic E-state index is 13.2. The van der Waals surface area contributed by atoms with Crippen molar-refractivity contribution in [2.24, 2.45) is 5.92 Å². The van der Waals surface area contributed by atoms with Crippen molar-refractivity contribution in [1.29, 1.82) is 0 Å². The van der Waals surface area contributed by atoms with Crippen molar-refractivity contribution >= 4 is 52.8 Å². The number of non-ortho nitro benzene ring substituents is 1. The zero-order chi connectivity index (χ0) is 34.4. The molecule has 0 fully saturated rings. The number of carboxylic acids is 2. The van der Waals surface area contributed by atoms with Crippen LogP contribution in [0.2, 0.25) is 0 Å². The largest absolute Gasteiger partial charge is 0.481 e. The quantitative estimate of drug-likeness (QED) is 0.0729. The molecule has 0 spiro atoms. The number of nitro benzene ring substituents is 1. The highest BCUT2D eigenvalue weighted by Gasteiger charge is 2.35. The highest BCUT2D eigenvalue weighted by Crippen LogP contribution is 2.16. The highest BCUT2D eigenvalue weighted by atomic mass is 16.6. The molecule has 0 unspecified atom stereocenters. The molecule has 0 aliphatic carbocycles. The highest BCUT2D eigenvalue weighted by molar-refractivity contribution is 6.00. The molecule has 0 aliphatic heterocycles. The Bertz CT molecular complexity index is 1270. The molecule has 1 aromatic carbocycles. The van der Waals surface area contributed by atoms with Gasteiger partial charge < -0.3 is 41.9 Å². The van der Waals surface area contributed by atoms with Gasteiger partial charge in [-0.05, 0) is 31.4 Å². The molecule has 0 saturated carbocycles. The molecule has 0 aliphatic rings. The van der Waals surface area contributed by atoms with Crippen LogP contribution in [0, 0.1) is 16.0 Å². The molecule has 6 atom stereocenters. The lowest BCUT2D eigenvalue weighted by molar-refractivity contribution is -0.384. The van der Waals surface area contributed by atoms with Gasteiger partial charge in [0.25, 0.3) is 5.69 Å². The fourth-order valence-electron chi connectivity index (χ4n) is 3.92. The number of benzene rings is 1. The molecule has 0 bridgehead atoms. The number of nitrogens with zero attached hydrogens (tertiary/aromatic N) is 1. The van der Waals surface area contributed by atoms with E-state index < -0.39 is 95.9 Å². The van der Waals surface area contributed by atoms with Crippen LogP contribution in [-0.2, 0) is 33.6 Å². The summed E-state index contributed by atoms with van der Waals surface area (Å²) in [7, 11) is 0. The van der Waals surface area contributed by atoms with E-state index in [2.05, 4.69) is 26.6 Å². The molecular weight excluding hydrogens is 600 g/mol. The van der Waals surface area contributed by atoms with Crippen LogP contribution >= 0.6 is 0 Å². The molecule has 0 heterocycles. The van der Waals surface area contributed by atoms with Gasteiger partial charge in [0.05, 0.1) is 17.4 Å². The second-order valence-corrected chi connectivity index (χ2v) is 10.2. The molecule has 5 amide bonds. The van der Waals surface area contributed by atoms with E-state index in [0.29, 0.717) is 6.42 Å². The standard InChI is InChI=1S/C27H38N6O12/c1-5-13(2)22(28-15(4)35)26(42)30-18(10-11-20(36)37)24(40)32-23(14(3)34)27(43)31-19(12-21(38)39)25(41)29-16-6-8-17(9-7-16)33(44)45/h6-9,13-14,18-19,22-23,34H,5,10-12H2,1-4H3,(H,28,35)(H,29,41)(H,30,42)(H,31,43)(H,32,40)(H,36,37)(H,38,39)/t13-,14+,18+,19-,22-,23-/m0/s1. The van der Waals surface area contributed by atoms with Crippen LogP contribution in [0.4, 0.5) is 11.4 Å². The summed E-state index contributed by atoms with van der Waals surface area (Å²) >= 11 is 0. The fraction of sp³-hybridized carbons (Fsp3) is 0.519. The lowest BCUT2D eigenvalue weighted by atomic mass is 9.97. The Morgan fingerprint density at radius 3 is 1.82 bits per heavy atom. The SMILES string of the molecule is CC[C@H](C)[C@H](NC(C)=O)C(=O)N[C@H](CCC(=O)O)C(=O)N[C@H](C(=O)N[C@@H](CC(=O)O)C(=O)Nc1ccc([N+](=O)[O-])cc1)[C@@H](C)O. The summed E-state index contributed by atoms with van der Waals surface area (Å²) in [6.45, 7) is 5.73. The third kappa shape index (κ3) is 13.0. The average Bonchev–Trinajstić information content (AvgIpc) is 2.95. The number of hydrogen-bond acceptors (Lipinski definition) is 10. The fourth-order valence-corrected chi connectivity index (χ4v) is 3.92. The predicted octanol–water partition coefficient (Wildman–Crippen LogP) is -0.741. The number of hydrogen-bond donors (Lipinski definition) is 8. The van der Waals surface area contributed by atoms with Crippen molar-refractivity contribution in [3.05, 3.63) is 34.4 Å². The van der Waals surface area contributed by atoms with Gasteiger partial charge in [-0.2, -0.15) is 0 Å². The number of amides is 5. The van der Waals surface area contributed by atoms with Crippen LogP contribution < -0.4 is 26.6 Å². The van der Waals surface area contributed by atoms with Crippen LogP contribution in [0.3, 0.4) is 0 Å². The number of anilines is 1. The van der Waals surface area contributed by atoms with Crippen molar-refractivity contribution in [2.45, 2.75) is 83.6 Å². The van der Waals surface area contributed by atoms with Crippen LogP contribution in [0.15, 0.2) is 24.3 Å². The van der Waals surface area contributed by atoms with Gasteiger partial charge in [0.2, 0.25) is 29.5 Å². The zero-order valence-corrected chi connectivity index (χ0v) is 25.1. The maximum Gasteiger partial charge on any atom is 0.305 e. The molecule has 18 nitrogen and oxygen atoms in total. The van der Waals surface area contributed by atoms with E-state index in [0.717, 1.165) is 19.1 Å². The lowest BCUT2D eigenvalue weighted by Crippen LogP contribution is -2.61. The smallest absolute Gasteiger partial charge is 0.305 e. The first-order valence-corrected chi connectivity index (χ1v) is 13.8. The maximum absolute atomic E-state index is 13.2. The number of aliphatic carboxylic acids is 2. The Labute approximate surface area is 257 Å². The molecule has 0 saturated heterocycles. The Kier molecular flexibility index (Phi) is 15.0. The number of nitrogens with one attached hydrogen (secondary N) is 5. The first kappa shape index (κ1) is 37.9. The van der Waals surface area contributed by atoms with Gasteiger partial charge in [-0.3, -0.25) is 43.7 Å². The molecule has 18 heteroatoms. The van der Waals surface area contributed by atoms with E-state index in [9.17, 15) is 53.9 Å². The van der Waals surface area contributed by atoms with Crippen molar-refractivity contribution in [2.75, 3.05) is 5.32 Å². The molecule has 0 radical (unpaired) electrons. The molecule has 45 heavy (non-hydrogen) atoms. The number of carbonyl (C=O) groups excluding carboxylic acids is 5. The second-order valence-electron chi connectivity index (χ2n) is 10.2. The molecule has 248 valence electrons. The van der Waals surface area contributed by atoms with Gasteiger partial charge in [0.1, 0.15) is 24.2 Å². The lowest BCUT2D eigenvalue weighted by Gasteiger charge is -2.28.